The third-order valence-electron chi connectivity index (χ3n) is 7.82. The first kappa shape index (κ1) is 27.4. The molecule has 0 spiro atoms. The lowest BCUT2D eigenvalue weighted by molar-refractivity contribution is 0.0642. The average Bonchev–Trinajstić information content (AvgIpc) is 3.45. The smallest absolute Gasteiger partial charge is 0.262 e. The molecule has 0 aliphatic carbocycles. The van der Waals surface area contributed by atoms with Gasteiger partial charge in [-0.3, -0.25) is 14.5 Å². The summed E-state index contributed by atoms with van der Waals surface area (Å²) in [4.78, 5) is 29.9. The molecule has 0 saturated heterocycles. The van der Waals surface area contributed by atoms with Gasteiger partial charge in [0.1, 0.15) is 17.2 Å². The lowest BCUT2D eigenvalue weighted by Gasteiger charge is -2.17. The third-order valence-corrected chi connectivity index (χ3v) is 8.15. The van der Waals surface area contributed by atoms with Crippen LogP contribution in [0.25, 0.3) is 32.9 Å². The molecule has 5 aromatic rings. The zero-order valence-corrected chi connectivity index (χ0v) is 24.3. The fourth-order valence-corrected chi connectivity index (χ4v) is 6.05. The van der Waals surface area contributed by atoms with Crippen molar-refractivity contribution < 1.29 is 23.8 Å². The van der Waals surface area contributed by atoms with Crippen LogP contribution in [0.3, 0.4) is 0 Å². The molecule has 1 aliphatic rings. The minimum atomic E-state index is -0.389. The molecule has 2 amide bonds. The molecule has 0 unspecified atom stereocenters. The van der Waals surface area contributed by atoms with E-state index in [0.717, 1.165) is 22.8 Å². The number of hydrogen-bond acceptors (Lipinski definition) is 5. The largest absolute Gasteiger partial charge is 0.497 e. The lowest BCUT2D eigenvalue weighted by Crippen LogP contribution is -2.29. The number of amides is 2. The van der Waals surface area contributed by atoms with Crippen molar-refractivity contribution in [2.24, 2.45) is 0 Å². The molecule has 0 fully saturated rings. The molecular formula is C34H29ClN2O5. The van der Waals surface area contributed by atoms with Crippen LogP contribution in [-0.4, -0.2) is 42.6 Å². The summed E-state index contributed by atoms with van der Waals surface area (Å²) in [5.74, 6) is 1.03. The number of fused-ring (bicyclic) bond motifs is 5. The number of imide groups is 1. The number of benzene rings is 4. The highest BCUT2D eigenvalue weighted by atomic mass is 35.5. The first-order valence-corrected chi connectivity index (χ1v) is 13.9. The second-order valence-corrected chi connectivity index (χ2v) is 10.4. The maximum atomic E-state index is 14.4. The van der Waals surface area contributed by atoms with Gasteiger partial charge in [-0.25, -0.2) is 0 Å². The first-order valence-electron chi connectivity index (χ1n) is 13.5. The van der Waals surface area contributed by atoms with Crippen LogP contribution < -0.4 is 14.2 Å². The molecule has 4 aromatic carbocycles. The highest BCUT2D eigenvalue weighted by Gasteiger charge is 2.41. The van der Waals surface area contributed by atoms with E-state index in [4.69, 9.17) is 25.8 Å². The van der Waals surface area contributed by atoms with Crippen molar-refractivity contribution >= 4 is 45.2 Å². The Kier molecular flexibility index (Phi) is 7.12. The van der Waals surface area contributed by atoms with Gasteiger partial charge < -0.3 is 18.8 Å². The molecule has 1 aromatic heterocycles. The van der Waals surface area contributed by atoms with Crippen LogP contribution in [0.1, 0.15) is 32.7 Å². The lowest BCUT2D eigenvalue weighted by atomic mass is 9.93. The molecule has 212 valence electrons. The highest BCUT2D eigenvalue weighted by molar-refractivity contribution is 6.36. The number of ether oxygens (including phenoxy) is 3. The van der Waals surface area contributed by atoms with Crippen molar-refractivity contribution in [3.63, 3.8) is 0 Å². The average molecular weight is 581 g/mol. The number of aromatic nitrogens is 1. The molecule has 0 bridgehead atoms. The van der Waals surface area contributed by atoms with Crippen LogP contribution in [0.4, 0.5) is 0 Å². The van der Waals surface area contributed by atoms with Crippen LogP contribution in [0, 0.1) is 0 Å². The number of carbonyl (C=O) groups excluding carboxylic acids is 2. The van der Waals surface area contributed by atoms with E-state index in [0.29, 0.717) is 62.0 Å². The van der Waals surface area contributed by atoms with E-state index in [1.165, 1.54) is 4.90 Å². The minimum absolute atomic E-state index is 0.0292. The van der Waals surface area contributed by atoms with Crippen LogP contribution in [0.15, 0.2) is 79.4 Å². The number of methoxy groups -OCH3 is 3. The van der Waals surface area contributed by atoms with E-state index in [2.05, 4.69) is 11.1 Å². The van der Waals surface area contributed by atoms with E-state index in [1.807, 2.05) is 48.5 Å². The summed E-state index contributed by atoms with van der Waals surface area (Å²) in [6.07, 6.45) is 2.59. The van der Waals surface area contributed by atoms with Crippen LogP contribution in [-0.2, 0) is 13.1 Å². The molecule has 8 heteroatoms. The number of rotatable bonds is 9. The molecule has 0 radical (unpaired) electrons. The Bertz CT molecular complexity index is 1910. The van der Waals surface area contributed by atoms with Crippen LogP contribution in [0.5, 0.6) is 17.2 Å². The van der Waals surface area contributed by atoms with Gasteiger partial charge in [0.05, 0.1) is 44.5 Å². The van der Waals surface area contributed by atoms with E-state index < -0.39 is 0 Å². The van der Waals surface area contributed by atoms with Crippen LogP contribution >= 0.6 is 11.6 Å². The monoisotopic (exact) mass is 580 g/mol. The van der Waals surface area contributed by atoms with Crippen molar-refractivity contribution in [3.8, 4) is 28.4 Å². The zero-order chi connectivity index (χ0) is 29.5. The summed E-state index contributed by atoms with van der Waals surface area (Å²) in [6, 6.07) is 20.5. The maximum absolute atomic E-state index is 14.4. The normalized spacial score (nSPS) is 12.7. The Morgan fingerprint density at radius 2 is 1.52 bits per heavy atom. The summed E-state index contributed by atoms with van der Waals surface area (Å²) >= 11 is 6.70. The predicted octanol–water partition coefficient (Wildman–Crippen LogP) is 7.51. The molecule has 0 atom stereocenters. The Balaban J connectivity index is 1.65. The standard InChI is InChI=1S/C34H29ClN2O5/c1-5-6-15-36-27-14-13-21(40-2)16-25(27)30-28(36)18-24(23-9-7-8-10-26(23)35)31-32(30)34(39)37(33(31)38)19-20-11-12-22(41-3)17-29(20)42-4/h5,7-14,16-18H,1,6,15,19H2,2-4H3. The van der Waals surface area contributed by atoms with Gasteiger partial charge in [0.15, 0.2) is 0 Å². The van der Waals surface area contributed by atoms with E-state index >= 15 is 0 Å². The van der Waals surface area contributed by atoms with Gasteiger partial charge in [-0.2, -0.15) is 0 Å². The van der Waals surface area contributed by atoms with Crippen molar-refractivity contribution in [3.05, 3.63) is 101 Å². The van der Waals surface area contributed by atoms with Gasteiger partial charge >= 0.3 is 0 Å². The summed E-state index contributed by atoms with van der Waals surface area (Å²) in [7, 11) is 4.72. The van der Waals surface area contributed by atoms with E-state index in [-0.39, 0.29) is 18.4 Å². The number of carbonyl (C=O) groups is 2. The number of halogens is 1. The molecule has 7 nitrogen and oxygen atoms in total. The summed E-state index contributed by atoms with van der Waals surface area (Å²) < 4.78 is 18.6. The predicted molar refractivity (Wildman–Crippen MR) is 165 cm³/mol. The van der Waals surface area contributed by atoms with E-state index in [1.54, 1.807) is 45.6 Å². The van der Waals surface area contributed by atoms with Crippen molar-refractivity contribution in [2.45, 2.75) is 19.5 Å². The second-order valence-electron chi connectivity index (χ2n) is 10.0. The molecule has 2 heterocycles. The van der Waals surface area contributed by atoms with Gasteiger partial charge in [0.2, 0.25) is 0 Å². The summed E-state index contributed by atoms with van der Waals surface area (Å²) in [5, 5.41) is 2.03. The van der Waals surface area contributed by atoms with E-state index in [9.17, 15) is 9.59 Å². The Labute approximate surface area is 248 Å². The van der Waals surface area contributed by atoms with Crippen molar-refractivity contribution in [1.82, 2.24) is 9.47 Å². The Morgan fingerprint density at radius 1 is 0.810 bits per heavy atom. The first-order chi connectivity index (χ1) is 20.4. The maximum Gasteiger partial charge on any atom is 0.262 e. The molecule has 1 aliphatic heterocycles. The van der Waals surface area contributed by atoms with Crippen molar-refractivity contribution in [1.29, 1.82) is 0 Å². The quantitative estimate of drug-likeness (QED) is 0.133. The highest BCUT2D eigenvalue weighted by Crippen LogP contribution is 2.45. The number of hydrogen-bond donors (Lipinski definition) is 0. The topological polar surface area (TPSA) is 70.0 Å². The fraction of sp³-hybridized carbons (Fsp3) is 0.176. The van der Waals surface area contributed by atoms with Gasteiger partial charge in [0.25, 0.3) is 11.8 Å². The van der Waals surface area contributed by atoms with Gasteiger partial charge in [-0.05, 0) is 54.4 Å². The van der Waals surface area contributed by atoms with Gasteiger partial charge in [-0.1, -0.05) is 35.9 Å². The Hall–Kier alpha value is -4.75. The van der Waals surface area contributed by atoms with Gasteiger partial charge in [0, 0.05) is 45.0 Å². The molecule has 0 saturated carbocycles. The molecular weight excluding hydrogens is 552 g/mol. The SMILES string of the molecule is C=CCCn1c2ccc(OC)cc2c2c3c(c(-c4ccccc4Cl)cc21)C(=O)N(Cc1ccc(OC)cc1OC)C3=O. The molecule has 42 heavy (non-hydrogen) atoms. The summed E-state index contributed by atoms with van der Waals surface area (Å²) in [6.45, 7) is 4.58. The number of nitrogens with zero attached hydrogens (tertiary/aromatic N) is 2. The van der Waals surface area contributed by atoms with Crippen LogP contribution in [0.2, 0.25) is 5.02 Å². The fourth-order valence-electron chi connectivity index (χ4n) is 5.81. The van der Waals surface area contributed by atoms with Gasteiger partial charge in [-0.15, -0.1) is 6.58 Å². The molecule has 0 N–H and O–H groups in total. The van der Waals surface area contributed by atoms with Crippen molar-refractivity contribution in [2.75, 3.05) is 21.3 Å². The second kappa shape index (κ2) is 10.9. The Morgan fingerprint density at radius 3 is 2.24 bits per heavy atom. The zero-order valence-electron chi connectivity index (χ0n) is 23.6. The summed E-state index contributed by atoms with van der Waals surface area (Å²) in [5.41, 5.74) is 4.42. The molecule has 6 rings (SSSR count). The third kappa shape index (κ3) is 4.28. The number of aryl methyl sites for hydroxylation is 1. The minimum Gasteiger partial charge on any atom is -0.497 e. The number of allylic oxidation sites excluding steroid dienone is 1.